The highest BCUT2D eigenvalue weighted by Crippen LogP contribution is 2.17. The van der Waals surface area contributed by atoms with Crippen molar-refractivity contribution in [1.29, 1.82) is 0 Å². The Kier molecular flexibility index (Phi) is 5.81. The molecule has 0 bridgehead atoms. The molecule has 1 aliphatic rings. The minimum atomic E-state index is 0. The number of rotatable bonds is 4. The second-order valence-corrected chi connectivity index (χ2v) is 5.93. The van der Waals surface area contributed by atoms with Crippen molar-refractivity contribution < 1.29 is 4.79 Å². The molecule has 3 rings (SSSR count). The van der Waals surface area contributed by atoms with Crippen LogP contribution in [0.4, 0.5) is 0 Å². The maximum atomic E-state index is 12.3. The van der Waals surface area contributed by atoms with E-state index >= 15 is 0 Å². The summed E-state index contributed by atoms with van der Waals surface area (Å²) in [5.74, 6) is 0.225. The summed E-state index contributed by atoms with van der Waals surface area (Å²) in [6.07, 6.45) is 2.92. The molecule has 1 atom stereocenters. The van der Waals surface area contributed by atoms with Crippen molar-refractivity contribution in [3.05, 3.63) is 48.0 Å². The number of halogens is 1. The van der Waals surface area contributed by atoms with Crippen LogP contribution in [0.2, 0.25) is 0 Å². The molecule has 118 valence electrons. The average Bonchev–Trinajstić information content (AvgIpc) is 3.00. The van der Waals surface area contributed by atoms with E-state index in [1.54, 1.807) is 0 Å². The Hall–Kier alpha value is -1.58. The van der Waals surface area contributed by atoms with Gasteiger partial charge in [0.1, 0.15) is 0 Å². The van der Waals surface area contributed by atoms with Crippen LogP contribution in [0, 0.1) is 0 Å². The van der Waals surface area contributed by atoms with Gasteiger partial charge in [0.2, 0.25) is 5.91 Å². The van der Waals surface area contributed by atoms with Crippen LogP contribution in [0.1, 0.15) is 24.8 Å². The van der Waals surface area contributed by atoms with E-state index in [0.29, 0.717) is 19.0 Å². The maximum absolute atomic E-state index is 12.3. The van der Waals surface area contributed by atoms with Crippen LogP contribution in [-0.4, -0.2) is 30.4 Å². The standard InChI is InChI=1S/C18H22N2O.ClH/c1-20(18(21)12-17-7-4-10-19-17)13-14-8-9-15-5-2-3-6-16(15)11-14;/h2-3,5-6,8-9,11,17,19H,4,7,10,12-13H2,1H3;1H. The van der Waals surface area contributed by atoms with Gasteiger partial charge in [-0.25, -0.2) is 0 Å². The lowest BCUT2D eigenvalue weighted by Gasteiger charge is -2.20. The fraction of sp³-hybridized carbons (Fsp3) is 0.389. The van der Waals surface area contributed by atoms with E-state index in [4.69, 9.17) is 0 Å². The zero-order chi connectivity index (χ0) is 14.7. The van der Waals surface area contributed by atoms with Crippen LogP contribution in [0.25, 0.3) is 10.8 Å². The van der Waals surface area contributed by atoms with Crippen LogP contribution >= 0.6 is 12.4 Å². The minimum Gasteiger partial charge on any atom is -0.341 e. The molecule has 1 unspecified atom stereocenters. The van der Waals surface area contributed by atoms with Gasteiger partial charge in [-0.1, -0.05) is 36.4 Å². The average molecular weight is 319 g/mol. The second kappa shape index (κ2) is 7.61. The van der Waals surface area contributed by atoms with Crippen molar-refractivity contribution in [2.45, 2.75) is 31.8 Å². The predicted molar refractivity (Wildman–Crippen MR) is 93.3 cm³/mol. The first-order valence-corrected chi connectivity index (χ1v) is 7.67. The third-order valence-corrected chi connectivity index (χ3v) is 4.24. The summed E-state index contributed by atoms with van der Waals surface area (Å²) in [5, 5.41) is 5.85. The molecule has 2 aromatic carbocycles. The minimum absolute atomic E-state index is 0. The summed E-state index contributed by atoms with van der Waals surface area (Å²) in [7, 11) is 1.90. The number of carbonyl (C=O) groups is 1. The first kappa shape index (κ1) is 16.8. The zero-order valence-electron chi connectivity index (χ0n) is 12.9. The normalized spacial score (nSPS) is 17.2. The van der Waals surface area contributed by atoms with Gasteiger partial charge < -0.3 is 10.2 Å². The molecule has 3 nitrogen and oxygen atoms in total. The fourth-order valence-corrected chi connectivity index (χ4v) is 3.00. The number of benzene rings is 2. The lowest BCUT2D eigenvalue weighted by molar-refractivity contribution is -0.130. The van der Waals surface area contributed by atoms with Crippen molar-refractivity contribution in [3.8, 4) is 0 Å². The molecule has 1 aliphatic heterocycles. The monoisotopic (exact) mass is 318 g/mol. The lowest BCUT2D eigenvalue weighted by Crippen LogP contribution is -2.33. The molecule has 0 radical (unpaired) electrons. The summed E-state index contributed by atoms with van der Waals surface area (Å²) in [5.41, 5.74) is 1.18. The smallest absolute Gasteiger partial charge is 0.224 e. The number of hydrogen-bond acceptors (Lipinski definition) is 2. The molecule has 1 heterocycles. The maximum Gasteiger partial charge on any atom is 0.224 e. The summed E-state index contributed by atoms with van der Waals surface area (Å²) >= 11 is 0. The quantitative estimate of drug-likeness (QED) is 0.937. The summed E-state index contributed by atoms with van der Waals surface area (Å²) in [6, 6.07) is 15.1. The Morgan fingerprint density at radius 3 is 2.73 bits per heavy atom. The van der Waals surface area contributed by atoms with E-state index in [-0.39, 0.29) is 18.3 Å². The fourth-order valence-electron chi connectivity index (χ4n) is 3.00. The molecule has 1 saturated heterocycles. The Morgan fingerprint density at radius 2 is 2.00 bits per heavy atom. The van der Waals surface area contributed by atoms with E-state index in [9.17, 15) is 4.79 Å². The Balaban J connectivity index is 0.00000176. The molecule has 2 aromatic rings. The van der Waals surface area contributed by atoms with Crippen molar-refractivity contribution in [1.82, 2.24) is 10.2 Å². The van der Waals surface area contributed by atoms with Gasteiger partial charge >= 0.3 is 0 Å². The van der Waals surface area contributed by atoms with E-state index in [0.717, 1.165) is 13.0 Å². The van der Waals surface area contributed by atoms with Gasteiger partial charge in [0.25, 0.3) is 0 Å². The summed E-state index contributed by atoms with van der Waals surface area (Å²) in [6.45, 7) is 1.72. The van der Waals surface area contributed by atoms with Gasteiger partial charge in [-0.15, -0.1) is 12.4 Å². The van der Waals surface area contributed by atoms with E-state index in [2.05, 4.69) is 35.6 Å². The molecule has 1 N–H and O–H groups in total. The topological polar surface area (TPSA) is 32.3 Å². The summed E-state index contributed by atoms with van der Waals surface area (Å²) in [4.78, 5) is 14.1. The molecular formula is C18H23ClN2O. The van der Waals surface area contributed by atoms with Gasteiger partial charge in [-0.3, -0.25) is 4.79 Å². The summed E-state index contributed by atoms with van der Waals surface area (Å²) < 4.78 is 0. The molecule has 1 fully saturated rings. The third-order valence-electron chi connectivity index (χ3n) is 4.24. The Labute approximate surface area is 138 Å². The molecule has 1 amide bonds. The molecule has 22 heavy (non-hydrogen) atoms. The van der Waals surface area contributed by atoms with Crippen molar-refractivity contribution in [2.24, 2.45) is 0 Å². The van der Waals surface area contributed by atoms with Crippen LogP contribution < -0.4 is 5.32 Å². The van der Waals surface area contributed by atoms with Crippen molar-refractivity contribution in [3.63, 3.8) is 0 Å². The van der Waals surface area contributed by atoms with Crippen LogP contribution in [0.3, 0.4) is 0 Å². The van der Waals surface area contributed by atoms with Crippen LogP contribution in [-0.2, 0) is 11.3 Å². The van der Waals surface area contributed by atoms with E-state index in [1.807, 2.05) is 24.1 Å². The molecule has 0 aliphatic carbocycles. The highest BCUT2D eigenvalue weighted by molar-refractivity contribution is 5.85. The van der Waals surface area contributed by atoms with Gasteiger partial charge in [0.15, 0.2) is 0 Å². The molecule has 4 heteroatoms. The number of nitrogens with one attached hydrogen (secondary N) is 1. The number of carbonyl (C=O) groups excluding carboxylic acids is 1. The highest BCUT2D eigenvalue weighted by Gasteiger charge is 2.19. The molecule has 0 saturated carbocycles. The zero-order valence-corrected chi connectivity index (χ0v) is 13.7. The van der Waals surface area contributed by atoms with Crippen LogP contribution in [0.15, 0.2) is 42.5 Å². The number of amides is 1. The van der Waals surface area contributed by atoms with E-state index in [1.165, 1.54) is 22.8 Å². The Morgan fingerprint density at radius 1 is 1.23 bits per heavy atom. The second-order valence-electron chi connectivity index (χ2n) is 5.93. The van der Waals surface area contributed by atoms with Crippen molar-refractivity contribution in [2.75, 3.05) is 13.6 Å². The van der Waals surface area contributed by atoms with Gasteiger partial charge in [0, 0.05) is 26.1 Å². The first-order chi connectivity index (χ1) is 10.2. The molecule has 0 spiro atoms. The Bertz CT molecular complexity index is 638. The number of nitrogens with zero attached hydrogens (tertiary/aromatic N) is 1. The van der Waals surface area contributed by atoms with Gasteiger partial charge in [0.05, 0.1) is 0 Å². The van der Waals surface area contributed by atoms with E-state index < -0.39 is 0 Å². The third kappa shape index (κ3) is 3.99. The SMILES string of the molecule is CN(Cc1ccc2ccccc2c1)C(=O)CC1CCCN1.Cl. The van der Waals surface area contributed by atoms with Crippen molar-refractivity contribution >= 4 is 29.1 Å². The number of fused-ring (bicyclic) bond motifs is 1. The lowest BCUT2D eigenvalue weighted by atomic mass is 10.1. The largest absolute Gasteiger partial charge is 0.341 e. The number of hydrogen-bond donors (Lipinski definition) is 1. The van der Waals surface area contributed by atoms with Crippen LogP contribution in [0.5, 0.6) is 0 Å². The van der Waals surface area contributed by atoms with Gasteiger partial charge in [-0.2, -0.15) is 0 Å². The first-order valence-electron chi connectivity index (χ1n) is 7.67. The highest BCUT2D eigenvalue weighted by atomic mass is 35.5. The van der Waals surface area contributed by atoms with Gasteiger partial charge in [-0.05, 0) is 41.8 Å². The predicted octanol–water partition coefficient (Wildman–Crippen LogP) is 3.36. The molecule has 0 aromatic heterocycles. The molecular weight excluding hydrogens is 296 g/mol.